The Morgan fingerprint density at radius 3 is 2.75 bits per heavy atom. The van der Waals surface area contributed by atoms with Crippen LogP contribution in [0, 0.1) is 5.82 Å². The van der Waals surface area contributed by atoms with Crippen molar-refractivity contribution in [2.45, 2.75) is 26.3 Å². The van der Waals surface area contributed by atoms with Crippen molar-refractivity contribution in [2.24, 2.45) is 0 Å². The lowest BCUT2D eigenvalue weighted by atomic mass is 10.1. The first-order valence-electron chi connectivity index (χ1n) is 5.22. The third kappa shape index (κ3) is 2.95. The van der Waals surface area contributed by atoms with Crippen LogP contribution in [-0.2, 0) is 0 Å². The summed E-state index contributed by atoms with van der Waals surface area (Å²) in [5.41, 5.74) is 0.304. The van der Waals surface area contributed by atoms with Gasteiger partial charge in [0, 0.05) is 11.6 Å². The summed E-state index contributed by atoms with van der Waals surface area (Å²) in [6.07, 6.45) is 0.838. The average Bonchev–Trinajstić information content (AvgIpc) is 2.28. The van der Waals surface area contributed by atoms with Crippen LogP contribution < -0.4 is 10.1 Å². The lowest BCUT2D eigenvalue weighted by Crippen LogP contribution is -2.31. The number of ether oxygens (including phenoxy) is 1. The lowest BCUT2D eigenvalue weighted by molar-refractivity contribution is 0.0938. The second-order valence-corrected chi connectivity index (χ2v) is 3.63. The molecule has 0 radical (unpaired) electrons. The number of carbonyl (C=O) groups excluding carboxylic acids is 1. The van der Waals surface area contributed by atoms with E-state index in [1.807, 2.05) is 13.8 Å². The third-order valence-corrected chi connectivity index (χ3v) is 2.40. The van der Waals surface area contributed by atoms with Gasteiger partial charge in [0.25, 0.3) is 5.91 Å². The van der Waals surface area contributed by atoms with E-state index >= 15 is 0 Å². The van der Waals surface area contributed by atoms with Crippen LogP contribution in [0.25, 0.3) is 0 Å². The van der Waals surface area contributed by atoms with Crippen molar-refractivity contribution in [1.29, 1.82) is 0 Å². The molecule has 1 aromatic rings. The first kappa shape index (κ1) is 12.5. The highest BCUT2D eigenvalue weighted by Gasteiger charge is 2.11. The molecular weight excluding hydrogens is 209 g/mol. The van der Waals surface area contributed by atoms with Gasteiger partial charge in [-0.1, -0.05) is 6.92 Å². The van der Waals surface area contributed by atoms with Crippen LogP contribution in [0.3, 0.4) is 0 Å². The molecule has 0 aromatic heterocycles. The van der Waals surface area contributed by atoms with E-state index in [1.54, 1.807) is 6.07 Å². The second-order valence-electron chi connectivity index (χ2n) is 3.63. The summed E-state index contributed by atoms with van der Waals surface area (Å²) in [6, 6.07) is 4.24. The van der Waals surface area contributed by atoms with Crippen LogP contribution in [0.15, 0.2) is 18.2 Å². The van der Waals surface area contributed by atoms with Crippen LogP contribution in [0.1, 0.15) is 30.6 Å². The predicted molar refractivity (Wildman–Crippen MR) is 60.2 cm³/mol. The van der Waals surface area contributed by atoms with Gasteiger partial charge in [-0.05, 0) is 31.5 Å². The van der Waals surface area contributed by atoms with Gasteiger partial charge in [0.05, 0.1) is 7.11 Å². The van der Waals surface area contributed by atoms with E-state index in [2.05, 4.69) is 5.32 Å². The van der Waals surface area contributed by atoms with Crippen LogP contribution in [0.4, 0.5) is 4.39 Å². The Kier molecular flexibility index (Phi) is 4.28. The first-order chi connectivity index (χ1) is 7.58. The fraction of sp³-hybridized carbons (Fsp3) is 0.417. The van der Waals surface area contributed by atoms with Gasteiger partial charge in [0.15, 0.2) is 11.6 Å². The quantitative estimate of drug-likeness (QED) is 0.854. The molecule has 88 valence electrons. The molecule has 0 aliphatic rings. The highest BCUT2D eigenvalue weighted by molar-refractivity contribution is 5.94. The Balaban J connectivity index is 2.81. The van der Waals surface area contributed by atoms with Crippen LogP contribution in [0.5, 0.6) is 5.75 Å². The van der Waals surface area contributed by atoms with E-state index in [0.29, 0.717) is 5.56 Å². The summed E-state index contributed by atoms with van der Waals surface area (Å²) < 4.78 is 18.1. The summed E-state index contributed by atoms with van der Waals surface area (Å²) in [4.78, 5) is 11.6. The molecule has 0 aliphatic heterocycles. The van der Waals surface area contributed by atoms with Gasteiger partial charge in [-0.15, -0.1) is 0 Å². The topological polar surface area (TPSA) is 38.3 Å². The van der Waals surface area contributed by atoms with Gasteiger partial charge in [0.2, 0.25) is 0 Å². The maximum absolute atomic E-state index is 13.3. The molecule has 0 aliphatic carbocycles. The minimum atomic E-state index is -0.528. The number of carbonyl (C=O) groups is 1. The van der Waals surface area contributed by atoms with E-state index in [0.717, 1.165) is 6.42 Å². The molecule has 16 heavy (non-hydrogen) atoms. The van der Waals surface area contributed by atoms with Crippen molar-refractivity contribution in [1.82, 2.24) is 5.32 Å². The number of halogens is 1. The number of hydrogen-bond acceptors (Lipinski definition) is 2. The number of hydrogen-bond donors (Lipinski definition) is 1. The summed E-state index contributed by atoms with van der Waals surface area (Å²) in [6.45, 7) is 3.87. The zero-order chi connectivity index (χ0) is 12.1. The highest BCUT2D eigenvalue weighted by atomic mass is 19.1. The normalized spacial score (nSPS) is 12.0. The Hall–Kier alpha value is -1.58. The minimum Gasteiger partial charge on any atom is -0.494 e. The lowest BCUT2D eigenvalue weighted by Gasteiger charge is -2.11. The molecular formula is C12H16FNO2. The molecule has 0 saturated heterocycles. The number of amides is 1. The zero-order valence-electron chi connectivity index (χ0n) is 9.71. The molecule has 1 atom stereocenters. The maximum atomic E-state index is 13.3. The van der Waals surface area contributed by atoms with E-state index in [1.165, 1.54) is 19.2 Å². The van der Waals surface area contributed by atoms with E-state index in [9.17, 15) is 9.18 Å². The molecule has 1 N–H and O–H groups in total. The molecule has 4 heteroatoms. The number of methoxy groups -OCH3 is 1. The van der Waals surface area contributed by atoms with Crippen molar-refractivity contribution < 1.29 is 13.9 Å². The van der Waals surface area contributed by atoms with Crippen molar-refractivity contribution in [3.8, 4) is 5.75 Å². The van der Waals surface area contributed by atoms with Gasteiger partial charge in [-0.2, -0.15) is 0 Å². The molecule has 0 heterocycles. The fourth-order valence-electron chi connectivity index (χ4n) is 1.22. The number of benzene rings is 1. The van der Waals surface area contributed by atoms with Crippen molar-refractivity contribution in [3.63, 3.8) is 0 Å². The van der Waals surface area contributed by atoms with Gasteiger partial charge < -0.3 is 10.1 Å². The SMILES string of the molecule is CCC(C)NC(=O)c1ccc(OC)c(F)c1. The smallest absolute Gasteiger partial charge is 0.251 e. The maximum Gasteiger partial charge on any atom is 0.251 e. The second kappa shape index (κ2) is 5.49. The standard InChI is InChI=1S/C12H16FNO2/c1-4-8(2)14-12(15)9-5-6-11(16-3)10(13)7-9/h5-8H,4H2,1-3H3,(H,14,15). The van der Waals surface area contributed by atoms with Crippen molar-refractivity contribution >= 4 is 5.91 Å². The van der Waals surface area contributed by atoms with Gasteiger partial charge in [-0.3, -0.25) is 4.79 Å². The summed E-state index contributed by atoms with van der Waals surface area (Å²) in [5.74, 6) is -0.657. The fourth-order valence-corrected chi connectivity index (χ4v) is 1.22. The Labute approximate surface area is 94.6 Å². The molecule has 0 fully saturated rings. The predicted octanol–water partition coefficient (Wildman–Crippen LogP) is 2.36. The molecule has 0 bridgehead atoms. The Morgan fingerprint density at radius 1 is 1.56 bits per heavy atom. The number of nitrogens with one attached hydrogen (secondary N) is 1. The van der Waals surface area contributed by atoms with Crippen LogP contribution in [-0.4, -0.2) is 19.1 Å². The molecule has 1 aromatic carbocycles. The molecule has 1 amide bonds. The highest BCUT2D eigenvalue weighted by Crippen LogP contribution is 2.17. The minimum absolute atomic E-state index is 0.0812. The monoisotopic (exact) mass is 225 g/mol. The van der Waals surface area contributed by atoms with E-state index in [4.69, 9.17) is 4.74 Å². The molecule has 3 nitrogen and oxygen atoms in total. The van der Waals surface area contributed by atoms with E-state index < -0.39 is 5.82 Å². The van der Waals surface area contributed by atoms with Crippen LogP contribution >= 0.6 is 0 Å². The van der Waals surface area contributed by atoms with E-state index in [-0.39, 0.29) is 17.7 Å². The first-order valence-corrected chi connectivity index (χ1v) is 5.22. The van der Waals surface area contributed by atoms with Crippen molar-refractivity contribution in [2.75, 3.05) is 7.11 Å². The number of rotatable bonds is 4. The molecule has 1 rings (SSSR count). The summed E-state index contributed by atoms with van der Waals surface area (Å²) in [5, 5.41) is 2.76. The molecule has 0 spiro atoms. The largest absolute Gasteiger partial charge is 0.494 e. The summed E-state index contributed by atoms with van der Waals surface area (Å²) in [7, 11) is 1.39. The average molecular weight is 225 g/mol. The third-order valence-electron chi connectivity index (χ3n) is 2.40. The van der Waals surface area contributed by atoms with Crippen LogP contribution in [0.2, 0.25) is 0 Å². The molecule has 0 saturated carbocycles. The van der Waals surface area contributed by atoms with Gasteiger partial charge >= 0.3 is 0 Å². The molecule has 1 unspecified atom stereocenters. The Morgan fingerprint density at radius 2 is 2.25 bits per heavy atom. The van der Waals surface area contributed by atoms with Crippen molar-refractivity contribution in [3.05, 3.63) is 29.6 Å². The Bertz CT molecular complexity index is 379. The summed E-state index contributed by atoms with van der Waals surface area (Å²) >= 11 is 0. The zero-order valence-corrected chi connectivity index (χ0v) is 9.71. The van der Waals surface area contributed by atoms with Gasteiger partial charge in [0.1, 0.15) is 0 Å². The van der Waals surface area contributed by atoms with Gasteiger partial charge in [-0.25, -0.2) is 4.39 Å².